The number of aliphatic hydroxyl groups excluding tert-OH is 1. The summed E-state index contributed by atoms with van der Waals surface area (Å²) in [5.41, 5.74) is 1.01. The van der Waals surface area contributed by atoms with Gasteiger partial charge in [0.2, 0.25) is 0 Å². The van der Waals surface area contributed by atoms with Gasteiger partial charge in [0, 0.05) is 29.7 Å². The van der Waals surface area contributed by atoms with E-state index in [4.69, 9.17) is 5.11 Å². The SMILES string of the molecule is O=C(NCC(O)C(F)(F)F)c1ncccc1-c1cccnc1. The lowest BCUT2D eigenvalue weighted by Gasteiger charge is -2.15. The predicted octanol–water partition coefficient (Wildman–Crippen LogP) is 1.80. The summed E-state index contributed by atoms with van der Waals surface area (Å²) in [5, 5.41) is 10.9. The molecule has 1 atom stereocenters. The minimum Gasteiger partial charge on any atom is -0.382 e. The third-order valence-corrected chi connectivity index (χ3v) is 2.83. The van der Waals surface area contributed by atoms with Crippen molar-refractivity contribution < 1.29 is 23.1 Å². The fourth-order valence-electron chi connectivity index (χ4n) is 1.73. The average molecular weight is 311 g/mol. The summed E-state index contributed by atoms with van der Waals surface area (Å²) in [7, 11) is 0. The Hall–Kier alpha value is -2.48. The van der Waals surface area contributed by atoms with Crippen LogP contribution in [0.3, 0.4) is 0 Å². The Morgan fingerprint density at radius 1 is 1.27 bits per heavy atom. The first-order valence-electron chi connectivity index (χ1n) is 6.28. The summed E-state index contributed by atoms with van der Waals surface area (Å²) >= 11 is 0. The zero-order valence-corrected chi connectivity index (χ0v) is 11.2. The molecule has 8 heteroatoms. The van der Waals surface area contributed by atoms with E-state index >= 15 is 0 Å². The van der Waals surface area contributed by atoms with E-state index in [9.17, 15) is 18.0 Å². The molecular weight excluding hydrogens is 299 g/mol. The van der Waals surface area contributed by atoms with Gasteiger partial charge in [0.15, 0.2) is 6.10 Å². The van der Waals surface area contributed by atoms with E-state index in [1.54, 1.807) is 30.5 Å². The summed E-state index contributed by atoms with van der Waals surface area (Å²) in [5.74, 6) is -0.803. The fraction of sp³-hybridized carbons (Fsp3) is 0.214. The molecule has 5 nitrogen and oxygen atoms in total. The van der Waals surface area contributed by atoms with E-state index < -0.39 is 24.7 Å². The number of carbonyl (C=O) groups excluding carboxylic acids is 1. The number of alkyl halides is 3. The highest BCUT2D eigenvalue weighted by molar-refractivity contribution is 5.98. The molecule has 2 aromatic rings. The third-order valence-electron chi connectivity index (χ3n) is 2.83. The lowest BCUT2D eigenvalue weighted by Crippen LogP contribution is -2.41. The number of carbonyl (C=O) groups is 1. The number of aliphatic hydroxyl groups is 1. The molecule has 116 valence electrons. The van der Waals surface area contributed by atoms with Gasteiger partial charge in [-0.05, 0) is 12.1 Å². The van der Waals surface area contributed by atoms with Gasteiger partial charge in [0.25, 0.3) is 5.91 Å². The zero-order chi connectivity index (χ0) is 16.2. The van der Waals surface area contributed by atoms with Crippen molar-refractivity contribution in [1.29, 1.82) is 0 Å². The smallest absolute Gasteiger partial charge is 0.382 e. The summed E-state index contributed by atoms with van der Waals surface area (Å²) in [4.78, 5) is 19.8. The first-order chi connectivity index (χ1) is 10.4. The second-order valence-corrected chi connectivity index (χ2v) is 4.41. The number of nitrogens with zero attached hydrogens (tertiary/aromatic N) is 2. The second-order valence-electron chi connectivity index (χ2n) is 4.41. The van der Waals surface area contributed by atoms with Gasteiger partial charge in [-0.25, -0.2) is 0 Å². The Bertz CT molecular complexity index is 647. The van der Waals surface area contributed by atoms with Gasteiger partial charge in [-0.1, -0.05) is 12.1 Å². The molecule has 0 bridgehead atoms. The minimum atomic E-state index is -4.79. The quantitative estimate of drug-likeness (QED) is 0.903. The van der Waals surface area contributed by atoms with Crippen LogP contribution >= 0.6 is 0 Å². The Balaban J connectivity index is 2.18. The van der Waals surface area contributed by atoms with Gasteiger partial charge >= 0.3 is 6.18 Å². The van der Waals surface area contributed by atoms with Crippen molar-refractivity contribution in [3.63, 3.8) is 0 Å². The van der Waals surface area contributed by atoms with Gasteiger partial charge in [-0.15, -0.1) is 0 Å². The molecule has 1 amide bonds. The predicted molar refractivity (Wildman–Crippen MR) is 71.9 cm³/mol. The molecule has 1 unspecified atom stereocenters. The molecule has 0 aliphatic rings. The Labute approximate surface area is 123 Å². The van der Waals surface area contributed by atoms with Crippen LogP contribution in [0.15, 0.2) is 42.9 Å². The van der Waals surface area contributed by atoms with Crippen molar-refractivity contribution >= 4 is 5.91 Å². The highest BCUT2D eigenvalue weighted by atomic mass is 19.4. The number of aromatic nitrogens is 2. The van der Waals surface area contributed by atoms with Crippen LogP contribution in [-0.4, -0.2) is 39.8 Å². The summed E-state index contributed by atoms with van der Waals surface area (Å²) < 4.78 is 36.7. The molecule has 0 spiro atoms. The van der Waals surface area contributed by atoms with E-state index in [1.807, 2.05) is 5.32 Å². The molecule has 0 saturated heterocycles. The molecule has 0 aliphatic carbocycles. The fourth-order valence-corrected chi connectivity index (χ4v) is 1.73. The Kier molecular flexibility index (Phi) is 4.71. The lowest BCUT2D eigenvalue weighted by molar-refractivity contribution is -0.201. The molecule has 0 saturated carbocycles. The van der Waals surface area contributed by atoms with E-state index in [1.165, 1.54) is 12.4 Å². The summed E-state index contributed by atoms with van der Waals surface area (Å²) in [6.45, 7) is -0.939. The van der Waals surface area contributed by atoms with Gasteiger partial charge in [0.1, 0.15) is 5.69 Å². The highest BCUT2D eigenvalue weighted by Gasteiger charge is 2.38. The number of hydrogen-bond donors (Lipinski definition) is 2. The van der Waals surface area contributed by atoms with Crippen LogP contribution in [0, 0.1) is 0 Å². The zero-order valence-electron chi connectivity index (χ0n) is 11.2. The minimum absolute atomic E-state index is 0.0372. The van der Waals surface area contributed by atoms with Crippen LogP contribution in [0.25, 0.3) is 11.1 Å². The molecule has 22 heavy (non-hydrogen) atoms. The average Bonchev–Trinajstić information content (AvgIpc) is 2.52. The number of hydrogen-bond acceptors (Lipinski definition) is 4. The first-order valence-corrected chi connectivity index (χ1v) is 6.28. The van der Waals surface area contributed by atoms with Crippen LogP contribution in [0.2, 0.25) is 0 Å². The molecule has 2 heterocycles. The largest absolute Gasteiger partial charge is 0.416 e. The number of nitrogens with one attached hydrogen (secondary N) is 1. The van der Waals surface area contributed by atoms with Crippen LogP contribution < -0.4 is 5.32 Å². The van der Waals surface area contributed by atoms with Gasteiger partial charge < -0.3 is 10.4 Å². The van der Waals surface area contributed by atoms with E-state index in [2.05, 4.69) is 9.97 Å². The standard InChI is InChI=1S/C14H12F3N3O2/c15-14(16,17)11(21)8-20-13(22)12-10(4-2-6-19-12)9-3-1-5-18-7-9/h1-7,11,21H,8H2,(H,20,22). The molecule has 2 aromatic heterocycles. The Morgan fingerprint density at radius 3 is 2.64 bits per heavy atom. The van der Waals surface area contributed by atoms with Crippen LogP contribution in [0.4, 0.5) is 13.2 Å². The number of halogens is 3. The van der Waals surface area contributed by atoms with Crippen LogP contribution in [0.5, 0.6) is 0 Å². The second kappa shape index (κ2) is 6.52. The molecule has 2 rings (SSSR count). The molecule has 0 radical (unpaired) electrons. The molecule has 2 N–H and O–H groups in total. The summed E-state index contributed by atoms with van der Waals surface area (Å²) in [6.07, 6.45) is -2.99. The number of amides is 1. The van der Waals surface area contributed by atoms with Crippen molar-refractivity contribution in [1.82, 2.24) is 15.3 Å². The number of rotatable bonds is 4. The third kappa shape index (κ3) is 3.79. The van der Waals surface area contributed by atoms with Gasteiger partial charge in [-0.2, -0.15) is 13.2 Å². The monoisotopic (exact) mass is 311 g/mol. The van der Waals surface area contributed by atoms with Crippen molar-refractivity contribution in [2.24, 2.45) is 0 Å². The molecule has 0 fully saturated rings. The highest BCUT2D eigenvalue weighted by Crippen LogP contribution is 2.22. The van der Waals surface area contributed by atoms with E-state index in [0.717, 1.165) is 0 Å². The van der Waals surface area contributed by atoms with Crippen molar-refractivity contribution in [2.45, 2.75) is 12.3 Å². The van der Waals surface area contributed by atoms with Crippen molar-refractivity contribution in [3.8, 4) is 11.1 Å². The normalized spacial score (nSPS) is 12.7. The van der Waals surface area contributed by atoms with Crippen LogP contribution in [-0.2, 0) is 0 Å². The number of pyridine rings is 2. The maximum Gasteiger partial charge on any atom is 0.416 e. The maximum atomic E-state index is 12.2. The first kappa shape index (κ1) is 15.9. The Morgan fingerprint density at radius 2 is 2.00 bits per heavy atom. The molecule has 0 aromatic carbocycles. The topological polar surface area (TPSA) is 75.1 Å². The molecular formula is C14H12F3N3O2. The summed E-state index contributed by atoms with van der Waals surface area (Å²) in [6, 6.07) is 6.57. The molecule has 0 aliphatic heterocycles. The lowest BCUT2D eigenvalue weighted by atomic mass is 10.1. The van der Waals surface area contributed by atoms with E-state index in [-0.39, 0.29) is 5.69 Å². The van der Waals surface area contributed by atoms with Gasteiger partial charge in [0.05, 0.1) is 6.54 Å². The van der Waals surface area contributed by atoms with Crippen LogP contribution in [0.1, 0.15) is 10.5 Å². The maximum absolute atomic E-state index is 12.2. The van der Waals surface area contributed by atoms with Crippen molar-refractivity contribution in [2.75, 3.05) is 6.54 Å². The van der Waals surface area contributed by atoms with Crippen molar-refractivity contribution in [3.05, 3.63) is 48.5 Å². The van der Waals surface area contributed by atoms with E-state index in [0.29, 0.717) is 11.1 Å². The van der Waals surface area contributed by atoms with Gasteiger partial charge in [-0.3, -0.25) is 14.8 Å².